The minimum absolute atomic E-state index is 0.00861. The third-order valence-electron chi connectivity index (χ3n) is 12.5. The Morgan fingerprint density at radius 3 is 2.09 bits per heavy atom. The van der Waals surface area contributed by atoms with E-state index >= 15 is 0 Å². The molecule has 9 atom stereocenters. The number of hydrogen-bond acceptors (Lipinski definition) is 11. The summed E-state index contributed by atoms with van der Waals surface area (Å²) in [5.74, 6) is -6.59. The number of nitrogens with zero attached hydrogens (tertiary/aromatic N) is 1. The van der Waals surface area contributed by atoms with Crippen molar-refractivity contribution in [2.45, 2.75) is 119 Å². The number of aromatic nitrogens is 1. The first-order chi connectivity index (χ1) is 33.1. The number of thioether (sulfide) groups is 1. The summed E-state index contributed by atoms with van der Waals surface area (Å²) in [6.45, 7) is 3.83. The van der Waals surface area contributed by atoms with Gasteiger partial charge in [-0.3, -0.25) is 38.4 Å². The molecule has 2 aliphatic rings. The third kappa shape index (κ3) is 13.2. The highest BCUT2D eigenvalue weighted by atomic mass is 32.2. The van der Waals surface area contributed by atoms with Gasteiger partial charge in [0, 0.05) is 41.6 Å². The number of fused-ring (bicyclic) bond motifs is 2. The zero-order valence-electron chi connectivity index (χ0n) is 38.5. The zero-order chi connectivity index (χ0) is 49.8. The van der Waals surface area contributed by atoms with E-state index in [-0.39, 0.29) is 43.1 Å². The van der Waals surface area contributed by atoms with Gasteiger partial charge in [-0.1, -0.05) is 93.8 Å². The highest BCUT2D eigenvalue weighted by Crippen LogP contribution is 2.43. The molecule has 368 valence electrons. The molecule has 6 rings (SSSR count). The molecule has 0 saturated carbocycles. The fourth-order valence-electron chi connectivity index (χ4n) is 8.85. The van der Waals surface area contributed by atoms with Crippen molar-refractivity contribution in [3.8, 4) is 5.75 Å². The number of rotatable bonds is 24. The van der Waals surface area contributed by atoms with Crippen LogP contribution in [0.3, 0.4) is 0 Å². The number of aromatic hydroxyl groups is 1. The third-order valence-corrected chi connectivity index (χ3v) is 13.9. The van der Waals surface area contributed by atoms with Gasteiger partial charge < -0.3 is 58.1 Å². The number of phenolic OH excluding ortho intramolecular Hbond substituents is 1. The van der Waals surface area contributed by atoms with Gasteiger partial charge in [0.05, 0.1) is 17.8 Å². The minimum atomic E-state index is -1.67. The summed E-state index contributed by atoms with van der Waals surface area (Å²) in [4.78, 5) is 113. The fourth-order valence-corrected chi connectivity index (χ4v) is 10.5. The van der Waals surface area contributed by atoms with E-state index in [1.54, 1.807) is 48.7 Å². The molecule has 0 spiro atoms. The average Bonchev–Trinajstić information content (AvgIpc) is 4.02. The molecule has 2 fully saturated rings. The van der Waals surface area contributed by atoms with Crippen LogP contribution in [0.5, 0.6) is 5.75 Å². The van der Waals surface area contributed by atoms with E-state index in [1.165, 1.54) is 28.8 Å². The lowest BCUT2D eigenvalue weighted by atomic mass is 9.97. The van der Waals surface area contributed by atoms with E-state index in [2.05, 4.69) is 31.6 Å². The van der Waals surface area contributed by atoms with Crippen LogP contribution in [0.25, 0.3) is 10.9 Å². The predicted octanol–water partition coefficient (Wildman–Crippen LogP) is 1.50. The van der Waals surface area contributed by atoms with Gasteiger partial charge in [-0.15, -0.1) is 11.8 Å². The number of carbonyl (C=O) groups excluding carboxylic acids is 7. The number of aliphatic carboxylic acids is 1. The number of carboxylic acids is 1. The number of benzene rings is 3. The van der Waals surface area contributed by atoms with Crippen molar-refractivity contribution in [2.24, 2.45) is 17.4 Å². The molecule has 7 amide bonds. The first kappa shape index (κ1) is 51.5. The summed E-state index contributed by atoms with van der Waals surface area (Å²) < 4.78 is 0. The van der Waals surface area contributed by atoms with Crippen LogP contribution in [-0.4, -0.2) is 121 Å². The number of carbonyl (C=O) groups is 8. The molecule has 2 aliphatic heterocycles. The first-order valence-corrected chi connectivity index (χ1v) is 24.2. The number of nitrogens with two attached hydrogens (primary N) is 2. The molecule has 69 heavy (non-hydrogen) atoms. The summed E-state index contributed by atoms with van der Waals surface area (Å²) >= 11 is 1.41. The van der Waals surface area contributed by atoms with Gasteiger partial charge in [0.2, 0.25) is 41.4 Å². The summed E-state index contributed by atoms with van der Waals surface area (Å²) in [6, 6.07) is 13.9. The number of para-hydroxylation sites is 1. The number of primary amides is 1. The first-order valence-electron chi connectivity index (χ1n) is 23.2. The van der Waals surface area contributed by atoms with Crippen LogP contribution in [-0.2, 0) is 57.6 Å². The summed E-state index contributed by atoms with van der Waals surface area (Å²) in [6.07, 6.45) is 3.35. The van der Waals surface area contributed by atoms with Crippen LogP contribution in [0.2, 0.25) is 0 Å². The quantitative estimate of drug-likeness (QED) is 0.0478. The number of unbranched alkanes of at least 4 members (excludes halogenated alkanes) is 1. The lowest BCUT2D eigenvalue weighted by Gasteiger charge is -2.28. The van der Waals surface area contributed by atoms with Crippen LogP contribution in [0.15, 0.2) is 85.1 Å². The fraction of sp³-hybridized carbons (Fsp3) is 0.429. The summed E-state index contributed by atoms with van der Waals surface area (Å²) in [7, 11) is 0. The molecule has 3 heterocycles. The molecule has 0 bridgehead atoms. The second-order valence-electron chi connectivity index (χ2n) is 17.5. The summed E-state index contributed by atoms with van der Waals surface area (Å²) in [5.41, 5.74) is 14.7. The maximum Gasteiger partial charge on any atom is 0.305 e. The Morgan fingerprint density at radius 1 is 0.768 bits per heavy atom. The van der Waals surface area contributed by atoms with Crippen molar-refractivity contribution in [3.63, 3.8) is 0 Å². The zero-order valence-corrected chi connectivity index (χ0v) is 39.3. The van der Waals surface area contributed by atoms with Gasteiger partial charge in [0.1, 0.15) is 42.0 Å². The number of amides is 7. The molecule has 12 N–H and O–H groups in total. The minimum Gasteiger partial charge on any atom is -0.508 e. The molecular formula is C49H61N9O10S. The molecule has 19 nitrogen and oxygen atoms in total. The van der Waals surface area contributed by atoms with Crippen molar-refractivity contribution >= 4 is 70.0 Å². The predicted molar refractivity (Wildman–Crippen MR) is 258 cm³/mol. The second-order valence-corrected chi connectivity index (χ2v) is 18.7. The molecule has 0 radical (unpaired) electrons. The Morgan fingerprint density at radius 2 is 1.41 bits per heavy atom. The van der Waals surface area contributed by atoms with Gasteiger partial charge in [0.25, 0.3) is 0 Å². The normalized spacial score (nSPS) is 19.6. The number of hydrogen-bond donors (Lipinski definition) is 10. The Hall–Kier alpha value is -6.93. The van der Waals surface area contributed by atoms with Crippen molar-refractivity contribution in [1.82, 2.24) is 36.5 Å². The number of aromatic amines is 1. The van der Waals surface area contributed by atoms with Gasteiger partial charge in [-0.2, -0.15) is 0 Å². The summed E-state index contributed by atoms with van der Waals surface area (Å²) in [5, 5.41) is 33.1. The topological polar surface area (TPSA) is 308 Å². The van der Waals surface area contributed by atoms with Crippen molar-refractivity contribution in [2.75, 3.05) is 5.75 Å². The lowest BCUT2D eigenvalue weighted by molar-refractivity contribution is -0.141. The highest BCUT2D eigenvalue weighted by molar-refractivity contribution is 8.00. The average molecular weight is 968 g/mol. The number of nitrogens with one attached hydrogen (secondary N) is 6. The van der Waals surface area contributed by atoms with Gasteiger partial charge in [-0.25, -0.2) is 0 Å². The van der Waals surface area contributed by atoms with Crippen LogP contribution < -0.4 is 38.1 Å². The van der Waals surface area contributed by atoms with E-state index < -0.39 is 101 Å². The van der Waals surface area contributed by atoms with Crippen molar-refractivity contribution in [1.29, 1.82) is 0 Å². The Kier molecular flexibility index (Phi) is 17.8. The molecule has 3 aromatic carbocycles. The number of phenols is 1. The maximum absolute atomic E-state index is 14.5. The van der Waals surface area contributed by atoms with Crippen molar-refractivity contribution < 1.29 is 48.6 Å². The Balaban J connectivity index is 1.20. The van der Waals surface area contributed by atoms with E-state index in [0.717, 1.165) is 16.5 Å². The van der Waals surface area contributed by atoms with Crippen LogP contribution >= 0.6 is 11.8 Å². The SMILES string of the molecule is CCCC[C@H](NC(=O)[C@H](Cc1c[nH]c2ccccc12)NC(=O)[C@@H]1CS[C@H]2[C@@H](CCC)[C@H](NC(=O)[C@@H](N)Cc3ccc(O)cc3)C(=O)N12)C(=O)N[C@@H](CC(=O)O)C(=O)N[C@@H](Cc1ccccc1)C(N)=O. The molecular weight excluding hydrogens is 907 g/mol. The molecule has 0 aliphatic carbocycles. The van der Waals surface area contributed by atoms with Crippen LogP contribution in [0.1, 0.15) is 69.1 Å². The lowest BCUT2D eigenvalue weighted by Crippen LogP contribution is -2.60. The highest BCUT2D eigenvalue weighted by Gasteiger charge is 2.56. The Labute approximate surface area is 403 Å². The van der Waals surface area contributed by atoms with E-state index in [0.29, 0.717) is 36.8 Å². The molecule has 20 heteroatoms. The monoisotopic (exact) mass is 967 g/mol. The van der Waals surface area contributed by atoms with Crippen molar-refractivity contribution in [3.05, 3.63) is 102 Å². The smallest absolute Gasteiger partial charge is 0.305 e. The van der Waals surface area contributed by atoms with E-state index in [1.807, 2.05) is 38.1 Å². The number of carboxylic acid groups (broad SMARTS) is 1. The largest absolute Gasteiger partial charge is 0.508 e. The second kappa shape index (κ2) is 23.9. The Bertz CT molecular complexity index is 2490. The molecule has 0 unspecified atom stereocenters. The van der Waals surface area contributed by atoms with Gasteiger partial charge in [0.15, 0.2) is 0 Å². The molecule has 4 aromatic rings. The molecule has 2 saturated heterocycles. The standard InChI is InChI=1S/C49H61N9O10S/c1-3-5-15-35(44(64)55-38(24-40(60)61)46(66)54-36(42(51)62)22-27-12-7-6-8-13-27)53-45(65)37(23-29-25-52-34-16-10-9-14-31(29)34)56-47(67)39-26-69-49-32(11-4-2)41(48(68)58(39)49)57-43(63)33(50)21-28-17-19-30(59)20-18-28/h6-10,12-14,16-20,25,32-33,35-39,41,49,52,59H,3-5,11,15,21-24,26,50H2,1-2H3,(H2,51,62)(H,53,65)(H,54,66)(H,55,64)(H,56,67)(H,57,63)(H,60,61)/t32-,33-,35-,36-,37-,38-,39-,41-,49-/m0/s1. The maximum atomic E-state index is 14.5. The van der Waals surface area contributed by atoms with E-state index in [4.69, 9.17) is 11.5 Å². The van der Waals surface area contributed by atoms with Crippen LogP contribution in [0, 0.1) is 5.92 Å². The van der Waals surface area contributed by atoms with Gasteiger partial charge in [-0.05, 0) is 54.2 Å². The van der Waals surface area contributed by atoms with Crippen LogP contribution in [0.4, 0.5) is 0 Å². The number of H-pyrrole nitrogens is 1. The van der Waals surface area contributed by atoms with E-state index in [9.17, 15) is 48.6 Å². The van der Waals surface area contributed by atoms with Gasteiger partial charge >= 0.3 is 5.97 Å². The molecule has 1 aromatic heterocycles.